The fourth-order valence-corrected chi connectivity index (χ4v) is 5.62. The van der Waals surface area contributed by atoms with Gasteiger partial charge in [0.15, 0.2) is 11.5 Å². The number of anilines is 3. The van der Waals surface area contributed by atoms with Crippen LogP contribution in [-0.4, -0.2) is 60.8 Å². The average molecular weight is 510 g/mol. The number of ether oxygens (including phenoxy) is 2. The van der Waals surface area contributed by atoms with E-state index in [0.717, 1.165) is 65.2 Å². The number of para-hydroxylation sites is 1. The number of aryl methyl sites for hydroxylation is 1. The number of aromatic nitrogens is 2. The van der Waals surface area contributed by atoms with Crippen LogP contribution in [0.1, 0.15) is 28.8 Å². The van der Waals surface area contributed by atoms with Gasteiger partial charge in [0.2, 0.25) is 0 Å². The summed E-state index contributed by atoms with van der Waals surface area (Å²) in [6, 6.07) is 20.4. The second kappa shape index (κ2) is 9.85. The first kappa shape index (κ1) is 24.0. The van der Waals surface area contributed by atoms with E-state index in [2.05, 4.69) is 48.9 Å². The molecule has 0 saturated carbocycles. The van der Waals surface area contributed by atoms with Crippen molar-refractivity contribution in [3.63, 3.8) is 0 Å². The molecule has 2 aliphatic heterocycles. The molecule has 3 aromatic carbocycles. The van der Waals surface area contributed by atoms with Crippen molar-refractivity contribution >= 4 is 34.0 Å². The standard InChI is InChI=1S/C30H31N5O3/c1-20-9-10-26-24(15-20)30(36)35(19-34(26)21-7-5-4-6-8-21)22-11-13-33(14-12-22)29-23-16-27(37-2)28(38-3)17-25(23)31-18-32-29/h4-10,15-18,22H,11-14,19H2,1-3H3. The van der Waals surface area contributed by atoms with Crippen LogP contribution in [0.15, 0.2) is 67.0 Å². The van der Waals surface area contributed by atoms with Gasteiger partial charge in [0.25, 0.3) is 5.91 Å². The Morgan fingerprint density at radius 2 is 1.63 bits per heavy atom. The molecule has 6 rings (SSSR count). The van der Waals surface area contributed by atoms with Gasteiger partial charge in [0.05, 0.1) is 37.7 Å². The Labute approximate surface area is 222 Å². The lowest BCUT2D eigenvalue weighted by Gasteiger charge is -2.45. The Balaban J connectivity index is 1.26. The van der Waals surface area contributed by atoms with E-state index in [1.165, 1.54) is 0 Å². The molecule has 0 radical (unpaired) electrons. The van der Waals surface area contributed by atoms with Gasteiger partial charge in [-0.15, -0.1) is 0 Å². The van der Waals surface area contributed by atoms with E-state index < -0.39 is 0 Å². The van der Waals surface area contributed by atoms with Crippen LogP contribution in [0.3, 0.4) is 0 Å². The molecule has 3 heterocycles. The molecule has 0 aliphatic carbocycles. The third kappa shape index (κ3) is 4.16. The van der Waals surface area contributed by atoms with Crippen LogP contribution in [0.25, 0.3) is 10.9 Å². The molecule has 38 heavy (non-hydrogen) atoms. The molecule has 0 unspecified atom stereocenters. The summed E-state index contributed by atoms with van der Waals surface area (Å²) < 4.78 is 11.0. The maximum atomic E-state index is 13.7. The quantitative estimate of drug-likeness (QED) is 0.367. The van der Waals surface area contributed by atoms with Crippen molar-refractivity contribution in [1.82, 2.24) is 14.9 Å². The van der Waals surface area contributed by atoms with Gasteiger partial charge in [-0.3, -0.25) is 4.79 Å². The molecule has 4 aromatic rings. The zero-order valence-corrected chi connectivity index (χ0v) is 21.9. The first-order valence-corrected chi connectivity index (χ1v) is 12.9. The van der Waals surface area contributed by atoms with Crippen molar-refractivity contribution in [2.24, 2.45) is 0 Å². The molecule has 1 fully saturated rings. The number of hydrogen-bond donors (Lipinski definition) is 0. The SMILES string of the molecule is COc1cc2ncnc(N3CCC(N4CN(c5ccccc5)c5ccc(C)cc5C4=O)CC3)c2cc1OC. The van der Waals surface area contributed by atoms with Crippen LogP contribution < -0.4 is 19.3 Å². The normalized spacial score (nSPS) is 16.1. The fourth-order valence-electron chi connectivity index (χ4n) is 5.62. The summed E-state index contributed by atoms with van der Waals surface area (Å²) in [5, 5.41) is 0.928. The largest absolute Gasteiger partial charge is 0.493 e. The highest BCUT2D eigenvalue weighted by molar-refractivity contribution is 6.03. The predicted octanol–water partition coefficient (Wildman–Crippen LogP) is 5.18. The maximum absolute atomic E-state index is 13.7. The van der Waals surface area contributed by atoms with E-state index >= 15 is 0 Å². The van der Waals surface area contributed by atoms with E-state index in [1.54, 1.807) is 20.5 Å². The third-order valence-electron chi connectivity index (χ3n) is 7.62. The molecule has 0 spiro atoms. The van der Waals surface area contributed by atoms with E-state index in [1.807, 2.05) is 43.3 Å². The van der Waals surface area contributed by atoms with Gasteiger partial charge in [-0.25, -0.2) is 9.97 Å². The molecule has 8 nitrogen and oxygen atoms in total. The number of carbonyl (C=O) groups is 1. The van der Waals surface area contributed by atoms with E-state index in [4.69, 9.17) is 9.47 Å². The number of amides is 1. The van der Waals surface area contributed by atoms with Crippen LogP contribution in [0.4, 0.5) is 17.2 Å². The number of rotatable bonds is 5. The van der Waals surface area contributed by atoms with Crippen molar-refractivity contribution < 1.29 is 14.3 Å². The molecule has 1 amide bonds. The number of fused-ring (bicyclic) bond motifs is 2. The number of hydrogen-bond acceptors (Lipinski definition) is 7. The summed E-state index contributed by atoms with van der Waals surface area (Å²) in [5.74, 6) is 2.29. The van der Waals surface area contributed by atoms with E-state index in [-0.39, 0.29) is 11.9 Å². The molecular formula is C30H31N5O3. The Morgan fingerprint density at radius 3 is 2.37 bits per heavy atom. The topological polar surface area (TPSA) is 71.0 Å². The fraction of sp³-hybridized carbons (Fsp3) is 0.300. The van der Waals surface area contributed by atoms with Gasteiger partial charge in [-0.2, -0.15) is 0 Å². The minimum absolute atomic E-state index is 0.110. The molecule has 8 heteroatoms. The molecule has 2 aliphatic rings. The number of methoxy groups -OCH3 is 2. The Hall–Kier alpha value is -4.33. The van der Waals surface area contributed by atoms with Crippen LogP contribution in [0, 0.1) is 6.92 Å². The van der Waals surface area contributed by atoms with Gasteiger partial charge in [0.1, 0.15) is 12.1 Å². The van der Waals surface area contributed by atoms with Crippen molar-refractivity contribution in [3.05, 3.63) is 78.1 Å². The van der Waals surface area contributed by atoms with Gasteiger partial charge in [0, 0.05) is 36.3 Å². The van der Waals surface area contributed by atoms with E-state index in [9.17, 15) is 4.79 Å². The molecule has 0 N–H and O–H groups in total. The van der Waals surface area contributed by atoms with Crippen LogP contribution in [0.2, 0.25) is 0 Å². The first-order valence-electron chi connectivity index (χ1n) is 12.9. The summed E-state index contributed by atoms with van der Waals surface area (Å²) >= 11 is 0. The monoisotopic (exact) mass is 509 g/mol. The van der Waals surface area contributed by atoms with Crippen LogP contribution in [0.5, 0.6) is 11.5 Å². The van der Waals surface area contributed by atoms with Gasteiger partial charge >= 0.3 is 0 Å². The summed E-state index contributed by atoms with van der Waals surface area (Å²) in [4.78, 5) is 29.4. The van der Waals surface area contributed by atoms with E-state index in [0.29, 0.717) is 18.2 Å². The molecule has 0 atom stereocenters. The smallest absolute Gasteiger partial charge is 0.257 e. The van der Waals surface area contributed by atoms with Gasteiger partial charge in [-0.05, 0) is 50.1 Å². The molecule has 1 aromatic heterocycles. The second-order valence-electron chi connectivity index (χ2n) is 9.84. The highest BCUT2D eigenvalue weighted by Gasteiger charge is 2.36. The summed E-state index contributed by atoms with van der Waals surface area (Å²) in [6.45, 7) is 4.16. The zero-order chi connectivity index (χ0) is 26.2. The van der Waals surface area contributed by atoms with Crippen molar-refractivity contribution in [1.29, 1.82) is 0 Å². The summed E-state index contributed by atoms with van der Waals surface area (Å²) in [5.41, 5.74) is 4.72. The molecule has 194 valence electrons. The summed E-state index contributed by atoms with van der Waals surface area (Å²) in [6.07, 6.45) is 3.31. The molecule has 0 bridgehead atoms. The van der Waals surface area contributed by atoms with Crippen molar-refractivity contribution in [3.8, 4) is 11.5 Å². The van der Waals surface area contributed by atoms with Crippen molar-refractivity contribution in [2.45, 2.75) is 25.8 Å². The minimum atomic E-state index is 0.110. The van der Waals surface area contributed by atoms with Gasteiger partial charge < -0.3 is 24.2 Å². The lowest BCUT2D eigenvalue weighted by Crippen LogP contribution is -2.53. The number of nitrogens with zero attached hydrogens (tertiary/aromatic N) is 5. The lowest BCUT2D eigenvalue weighted by molar-refractivity contribution is 0.0640. The maximum Gasteiger partial charge on any atom is 0.257 e. The predicted molar refractivity (Wildman–Crippen MR) is 149 cm³/mol. The number of piperidine rings is 1. The Morgan fingerprint density at radius 1 is 0.895 bits per heavy atom. The minimum Gasteiger partial charge on any atom is -0.493 e. The van der Waals surface area contributed by atoms with Crippen LogP contribution >= 0.6 is 0 Å². The highest BCUT2D eigenvalue weighted by Crippen LogP contribution is 2.38. The van der Waals surface area contributed by atoms with Gasteiger partial charge in [-0.1, -0.05) is 29.8 Å². The zero-order valence-electron chi connectivity index (χ0n) is 21.9. The Bertz CT molecular complexity index is 1480. The first-order chi connectivity index (χ1) is 18.6. The highest BCUT2D eigenvalue weighted by atomic mass is 16.5. The number of carbonyl (C=O) groups excluding carboxylic acids is 1. The third-order valence-corrected chi connectivity index (χ3v) is 7.62. The lowest BCUT2D eigenvalue weighted by atomic mass is 9.98. The molecule has 1 saturated heterocycles. The van der Waals surface area contributed by atoms with Crippen LogP contribution in [-0.2, 0) is 0 Å². The second-order valence-corrected chi connectivity index (χ2v) is 9.84. The average Bonchev–Trinajstić information content (AvgIpc) is 2.97. The van der Waals surface area contributed by atoms with Crippen molar-refractivity contribution in [2.75, 3.05) is 43.8 Å². The Kier molecular flexibility index (Phi) is 6.23. The molecular weight excluding hydrogens is 478 g/mol. The number of benzene rings is 3. The summed E-state index contributed by atoms with van der Waals surface area (Å²) in [7, 11) is 3.25.